The maximum absolute atomic E-state index is 12.7. The van der Waals surface area contributed by atoms with E-state index >= 15 is 0 Å². The van der Waals surface area contributed by atoms with Gasteiger partial charge in [0, 0.05) is 23.9 Å². The van der Waals surface area contributed by atoms with E-state index in [1.807, 2.05) is 30.5 Å². The van der Waals surface area contributed by atoms with E-state index in [1.165, 1.54) is 12.1 Å². The summed E-state index contributed by atoms with van der Waals surface area (Å²) in [5, 5.41) is 3.91. The molecule has 1 aromatic heterocycles. The molecule has 2 heterocycles. The number of rotatable bonds is 2. The van der Waals surface area contributed by atoms with Gasteiger partial charge in [-0.3, -0.25) is 0 Å². The minimum atomic E-state index is -4.38. The van der Waals surface area contributed by atoms with Gasteiger partial charge >= 0.3 is 12.2 Å². The molecule has 1 saturated heterocycles. The first kappa shape index (κ1) is 18.4. The third-order valence-corrected chi connectivity index (χ3v) is 4.77. The fourth-order valence-corrected chi connectivity index (χ4v) is 3.25. The number of hydrogen-bond donors (Lipinski definition) is 2. The zero-order valence-electron chi connectivity index (χ0n) is 14.8. The van der Waals surface area contributed by atoms with Crippen LogP contribution in [-0.2, 0) is 10.9 Å². The number of carbonyl (C=O) groups excluding carboxylic acids is 1. The van der Waals surface area contributed by atoms with Gasteiger partial charge < -0.3 is 19.9 Å². The van der Waals surface area contributed by atoms with Gasteiger partial charge in [0.05, 0.1) is 18.7 Å². The normalized spacial score (nSPS) is 17.7. The molecule has 0 aliphatic carbocycles. The smallest absolute Gasteiger partial charge is 0.370 e. The highest BCUT2D eigenvalue weighted by molar-refractivity contribution is 5.92. The molecule has 5 nitrogen and oxygen atoms in total. The number of nitrogens with zero attached hydrogens (tertiary/aromatic N) is 1. The standard InChI is InChI=1S/C20H18F3N3O2/c21-20(22,23)15-4-1-14(2-5-15)18-12-26(9-10-28-18)19(27)25-16-6-3-13-7-8-24-17(13)11-16/h1-8,11,18,24H,9-10,12H2,(H,25,27)/t18-/m0/s1. The number of aromatic amines is 1. The molecule has 2 amide bonds. The minimum absolute atomic E-state index is 0.266. The summed E-state index contributed by atoms with van der Waals surface area (Å²) in [6.45, 7) is 0.991. The fourth-order valence-electron chi connectivity index (χ4n) is 3.25. The number of morpholine rings is 1. The Kier molecular flexibility index (Phi) is 4.72. The zero-order chi connectivity index (χ0) is 19.7. The van der Waals surface area contributed by atoms with E-state index in [-0.39, 0.29) is 12.6 Å². The maximum Gasteiger partial charge on any atom is 0.416 e. The fraction of sp³-hybridized carbons (Fsp3) is 0.250. The molecule has 2 aromatic carbocycles. The number of amides is 2. The lowest BCUT2D eigenvalue weighted by atomic mass is 10.1. The van der Waals surface area contributed by atoms with Crippen LogP contribution in [-0.4, -0.2) is 35.6 Å². The Morgan fingerprint density at radius 3 is 2.68 bits per heavy atom. The number of fused-ring (bicyclic) bond motifs is 1. The van der Waals surface area contributed by atoms with E-state index in [9.17, 15) is 18.0 Å². The number of aromatic nitrogens is 1. The number of alkyl halides is 3. The molecule has 4 rings (SSSR count). The van der Waals surface area contributed by atoms with Crippen molar-refractivity contribution in [2.75, 3.05) is 25.0 Å². The van der Waals surface area contributed by atoms with Gasteiger partial charge in [-0.15, -0.1) is 0 Å². The van der Waals surface area contributed by atoms with Crippen LogP contribution < -0.4 is 5.32 Å². The van der Waals surface area contributed by atoms with E-state index in [2.05, 4.69) is 10.3 Å². The molecule has 0 unspecified atom stereocenters. The van der Waals surface area contributed by atoms with Crippen molar-refractivity contribution >= 4 is 22.6 Å². The van der Waals surface area contributed by atoms with E-state index in [0.29, 0.717) is 24.4 Å². The number of halogens is 3. The van der Waals surface area contributed by atoms with Crippen molar-refractivity contribution in [3.8, 4) is 0 Å². The summed E-state index contributed by atoms with van der Waals surface area (Å²) < 4.78 is 43.8. The summed E-state index contributed by atoms with van der Waals surface area (Å²) in [4.78, 5) is 17.3. The topological polar surface area (TPSA) is 57.4 Å². The van der Waals surface area contributed by atoms with Crippen LogP contribution in [0.5, 0.6) is 0 Å². The van der Waals surface area contributed by atoms with Crippen molar-refractivity contribution in [1.29, 1.82) is 0 Å². The number of hydrogen-bond acceptors (Lipinski definition) is 2. The molecule has 1 aliphatic heterocycles. The number of urea groups is 1. The molecular formula is C20H18F3N3O2. The van der Waals surface area contributed by atoms with Gasteiger partial charge in [-0.2, -0.15) is 13.2 Å². The second-order valence-corrected chi connectivity index (χ2v) is 6.64. The Labute approximate surface area is 159 Å². The summed E-state index contributed by atoms with van der Waals surface area (Å²) >= 11 is 0. The van der Waals surface area contributed by atoms with Crippen LogP contribution in [0, 0.1) is 0 Å². The van der Waals surface area contributed by atoms with Crippen molar-refractivity contribution in [2.24, 2.45) is 0 Å². The summed E-state index contributed by atoms with van der Waals surface area (Å²) in [6.07, 6.45) is -3.02. The van der Waals surface area contributed by atoms with Crippen molar-refractivity contribution in [3.63, 3.8) is 0 Å². The van der Waals surface area contributed by atoms with Crippen LogP contribution in [0.2, 0.25) is 0 Å². The Balaban J connectivity index is 1.43. The van der Waals surface area contributed by atoms with Gasteiger partial charge in [0.1, 0.15) is 6.10 Å². The first-order chi connectivity index (χ1) is 13.4. The number of carbonyl (C=O) groups is 1. The number of benzene rings is 2. The molecule has 1 aliphatic rings. The van der Waals surface area contributed by atoms with Crippen LogP contribution in [0.1, 0.15) is 17.2 Å². The number of nitrogens with one attached hydrogen (secondary N) is 2. The van der Waals surface area contributed by atoms with E-state index < -0.39 is 17.8 Å². The van der Waals surface area contributed by atoms with Gasteiger partial charge in [-0.25, -0.2) is 4.79 Å². The van der Waals surface area contributed by atoms with Gasteiger partial charge in [-0.1, -0.05) is 18.2 Å². The Morgan fingerprint density at radius 1 is 1.14 bits per heavy atom. The van der Waals surface area contributed by atoms with Crippen molar-refractivity contribution in [1.82, 2.24) is 9.88 Å². The largest absolute Gasteiger partial charge is 0.416 e. The lowest BCUT2D eigenvalue weighted by Crippen LogP contribution is -2.44. The highest BCUT2D eigenvalue weighted by Gasteiger charge is 2.31. The first-order valence-corrected chi connectivity index (χ1v) is 8.82. The molecule has 2 N–H and O–H groups in total. The molecule has 146 valence electrons. The van der Waals surface area contributed by atoms with Crippen LogP contribution in [0.4, 0.5) is 23.7 Å². The lowest BCUT2D eigenvalue weighted by Gasteiger charge is -2.33. The van der Waals surface area contributed by atoms with E-state index in [0.717, 1.165) is 23.0 Å². The van der Waals surface area contributed by atoms with Crippen LogP contribution >= 0.6 is 0 Å². The second kappa shape index (κ2) is 7.20. The van der Waals surface area contributed by atoms with Crippen molar-refractivity contribution in [3.05, 3.63) is 65.9 Å². The van der Waals surface area contributed by atoms with Gasteiger partial charge in [-0.05, 0) is 41.3 Å². The highest BCUT2D eigenvalue weighted by atomic mass is 19.4. The summed E-state index contributed by atoms with van der Waals surface area (Å²) in [7, 11) is 0. The molecule has 28 heavy (non-hydrogen) atoms. The maximum atomic E-state index is 12.7. The summed E-state index contributed by atoms with van der Waals surface area (Å²) in [5.74, 6) is 0. The zero-order valence-corrected chi connectivity index (χ0v) is 14.8. The van der Waals surface area contributed by atoms with Crippen LogP contribution in [0.3, 0.4) is 0 Å². The van der Waals surface area contributed by atoms with E-state index in [4.69, 9.17) is 4.74 Å². The highest BCUT2D eigenvalue weighted by Crippen LogP contribution is 2.31. The molecule has 0 bridgehead atoms. The Bertz CT molecular complexity index is 982. The van der Waals surface area contributed by atoms with Gasteiger partial charge in [0.2, 0.25) is 0 Å². The summed E-state index contributed by atoms with van der Waals surface area (Å²) in [5.41, 5.74) is 1.49. The quantitative estimate of drug-likeness (QED) is 0.662. The molecule has 1 fully saturated rings. The number of ether oxygens (including phenoxy) is 1. The van der Waals surface area contributed by atoms with E-state index in [1.54, 1.807) is 4.90 Å². The van der Waals surface area contributed by atoms with Crippen molar-refractivity contribution in [2.45, 2.75) is 12.3 Å². The summed E-state index contributed by atoms with van der Waals surface area (Å²) in [6, 6.07) is 12.1. The third kappa shape index (κ3) is 3.82. The third-order valence-electron chi connectivity index (χ3n) is 4.77. The molecule has 1 atom stereocenters. The molecule has 0 spiro atoms. The van der Waals surface area contributed by atoms with Crippen LogP contribution in [0.25, 0.3) is 10.9 Å². The average molecular weight is 389 g/mol. The molecular weight excluding hydrogens is 371 g/mol. The lowest BCUT2D eigenvalue weighted by molar-refractivity contribution is -0.137. The Hall–Kier alpha value is -3.00. The van der Waals surface area contributed by atoms with Gasteiger partial charge in [0.25, 0.3) is 0 Å². The average Bonchev–Trinajstić information content (AvgIpc) is 3.15. The molecule has 0 radical (unpaired) electrons. The van der Waals surface area contributed by atoms with Crippen LogP contribution in [0.15, 0.2) is 54.7 Å². The van der Waals surface area contributed by atoms with Gasteiger partial charge in [0.15, 0.2) is 0 Å². The minimum Gasteiger partial charge on any atom is -0.370 e. The molecule has 8 heteroatoms. The SMILES string of the molecule is O=C(Nc1ccc2cc[nH]c2c1)N1CCO[C@H](c2ccc(C(F)(F)F)cc2)C1. The number of H-pyrrole nitrogens is 1. The molecule has 3 aromatic rings. The molecule has 0 saturated carbocycles. The number of anilines is 1. The second-order valence-electron chi connectivity index (χ2n) is 6.64. The predicted octanol–water partition coefficient (Wildman–Crippen LogP) is 4.79. The predicted molar refractivity (Wildman–Crippen MR) is 99.0 cm³/mol. The first-order valence-electron chi connectivity index (χ1n) is 8.82. The monoisotopic (exact) mass is 389 g/mol. The van der Waals surface area contributed by atoms with Crippen molar-refractivity contribution < 1.29 is 22.7 Å². The Morgan fingerprint density at radius 2 is 1.93 bits per heavy atom.